The average molecular weight is 259 g/mol. The summed E-state index contributed by atoms with van der Waals surface area (Å²) in [5, 5.41) is 12.6. The van der Waals surface area contributed by atoms with E-state index in [4.69, 9.17) is 4.74 Å². The van der Waals surface area contributed by atoms with Gasteiger partial charge in [0.15, 0.2) is 0 Å². The highest BCUT2D eigenvalue weighted by Gasteiger charge is 2.09. The predicted octanol–water partition coefficient (Wildman–Crippen LogP) is 3.11. The maximum Gasteiger partial charge on any atom is 0.0585 e. The molecule has 2 atom stereocenters. The van der Waals surface area contributed by atoms with Gasteiger partial charge in [-0.05, 0) is 19.8 Å². The minimum absolute atomic E-state index is 0.164. The number of ether oxygens (including phenoxy) is 1. The molecule has 0 fully saturated rings. The van der Waals surface area contributed by atoms with Crippen molar-refractivity contribution >= 4 is 0 Å². The number of aliphatic hydroxyl groups excluding tert-OH is 1. The van der Waals surface area contributed by atoms with E-state index in [2.05, 4.69) is 33.0 Å². The molecule has 0 aromatic carbocycles. The van der Waals surface area contributed by atoms with Crippen LogP contribution in [0.4, 0.5) is 0 Å². The fourth-order valence-electron chi connectivity index (χ4n) is 2.05. The van der Waals surface area contributed by atoms with Crippen molar-refractivity contribution < 1.29 is 9.84 Å². The van der Waals surface area contributed by atoms with Crippen LogP contribution >= 0.6 is 0 Å². The molecule has 0 bridgehead atoms. The Morgan fingerprint density at radius 3 is 2.33 bits per heavy atom. The van der Waals surface area contributed by atoms with Crippen LogP contribution in [-0.4, -0.2) is 36.5 Å². The first kappa shape index (κ1) is 17.9. The summed E-state index contributed by atoms with van der Waals surface area (Å²) in [7, 11) is 0. The largest absolute Gasteiger partial charge is 0.395 e. The highest BCUT2D eigenvalue weighted by atomic mass is 16.5. The molecule has 0 spiro atoms. The molecule has 0 radical (unpaired) electrons. The summed E-state index contributed by atoms with van der Waals surface area (Å²) in [4.78, 5) is 0. The van der Waals surface area contributed by atoms with E-state index in [1.807, 2.05) is 0 Å². The van der Waals surface area contributed by atoms with Crippen molar-refractivity contribution in [1.82, 2.24) is 5.32 Å². The minimum atomic E-state index is 0.164. The zero-order valence-electron chi connectivity index (χ0n) is 12.7. The summed E-state index contributed by atoms with van der Waals surface area (Å²) < 4.78 is 5.78. The van der Waals surface area contributed by atoms with Gasteiger partial charge in [-0.25, -0.2) is 0 Å². The van der Waals surface area contributed by atoms with Crippen molar-refractivity contribution in [3.05, 3.63) is 0 Å². The Morgan fingerprint density at radius 1 is 1.06 bits per heavy atom. The van der Waals surface area contributed by atoms with Crippen LogP contribution in [-0.2, 0) is 4.74 Å². The van der Waals surface area contributed by atoms with Gasteiger partial charge in [-0.3, -0.25) is 0 Å². The molecule has 0 aliphatic heterocycles. The molecule has 0 aromatic rings. The normalized spacial score (nSPS) is 15.0. The Bertz CT molecular complexity index is 174. The summed E-state index contributed by atoms with van der Waals surface area (Å²) in [5.41, 5.74) is 0. The quantitative estimate of drug-likeness (QED) is 0.529. The number of hydrogen-bond acceptors (Lipinski definition) is 3. The number of aliphatic hydroxyl groups is 1. The first-order chi connectivity index (χ1) is 8.60. The molecule has 18 heavy (non-hydrogen) atoms. The SMILES string of the molecule is CCCCCCC(C)OCCC(CO)NC(C)C. The Balaban J connectivity index is 3.50. The molecule has 0 aliphatic rings. The lowest BCUT2D eigenvalue weighted by atomic mass is 10.1. The van der Waals surface area contributed by atoms with Gasteiger partial charge < -0.3 is 15.2 Å². The predicted molar refractivity (Wildman–Crippen MR) is 77.9 cm³/mol. The van der Waals surface area contributed by atoms with Crippen LogP contribution in [0, 0.1) is 0 Å². The average Bonchev–Trinajstić information content (AvgIpc) is 2.33. The Morgan fingerprint density at radius 2 is 1.78 bits per heavy atom. The van der Waals surface area contributed by atoms with Crippen molar-refractivity contribution in [2.45, 2.75) is 84.4 Å². The third kappa shape index (κ3) is 11.0. The molecule has 0 amide bonds. The van der Waals surface area contributed by atoms with E-state index in [1.54, 1.807) is 0 Å². The zero-order valence-corrected chi connectivity index (χ0v) is 12.7. The molecule has 0 saturated heterocycles. The van der Waals surface area contributed by atoms with E-state index in [-0.39, 0.29) is 12.6 Å². The Hall–Kier alpha value is -0.120. The monoisotopic (exact) mass is 259 g/mol. The van der Waals surface area contributed by atoms with Gasteiger partial charge in [-0.2, -0.15) is 0 Å². The van der Waals surface area contributed by atoms with Crippen LogP contribution in [0.2, 0.25) is 0 Å². The summed E-state index contributed by atoms with van der Waals surface area (Å²) >= 11 is 0. The number of rotatable bonds is 12. The molecule has 0 rings (SSSR count). The number of unbranched alkanes of at least 4 members (excludes halogenated alkanes) is 3. The summed E-state index contributed by atoms with van der Waals surface area (Å²) in [6.45, 7) is 9.50. The lowest BCUT2D eigenvalue weighted by molar-refractivity contribution is 0.0476. The van der Waals surface area contributed by atoms with Crippen molar-refractivity contribution in [1.29, 1.82) is 0 Å². The zero-order chi connectivity index (χ0) is 13.8. The van der Waals surface area contributed by atoms with Crippen molar-refractivity contribution in [2.75, 3.05) is 13.2 Å². The Kier molecular flexibility index (Phi) is 11.9. The topological polar surface area (TPSA) is 41.5 Å². The van der Waals surface area contributed by atoms with Gasteiger partial charge >= 0.3 is 0 Å². The van der Waals surface area contributed by atoms with E-state index >= 15 is 0 Å². The van der Waals surface area contributed by atoms with Gasteiger partial charge in [0.05, 0.1) is 12.7 Å². The van der Waals surface area contributed by atoms with E-state index in [0.29, 0.717) is 12.1 Å². The van der Waals surface area contributed by atoms with E-state index < -0.39 is 0 Å². The van der Waals surface area contributed by atoms with Gasteiger partial charge in [-0.1, -0.05) is 46.5 Å². The molecule has 3 heteroatoms. The van der Waals surface area contributed by atoms with Crippen LogP contribution in [0.15, 0.2) is 0 Å². The minimum Gasteiger partial charge on any atom is -0.395 e. The van der Waals surface area contributed by atoms with Crippen LogP contribution < -0.4 is 5.32 Å². The lowest BCUT2D eigenvalue weighted by Crippen LogP contribution is -2.38. The van der Waals surface area contributed by atoms with Gasteiger partial charge in [0.1, 0.15) is 0 Å². The first-order valence-corrected chi connectivity index (χ1v) is 7.58. The van der Waals surface area contributed by atoms with E-state index in [9.17, 15) is 5.11 Å². The molecule has 0 aromatic heterocycles. The Labute approximate surface area is 113 Å². The third-order valence-electron chi connectivity index (χ3n) is 3.12. The van der Waals surface area contributed by atoms with Gasteiger partial charge in [0.2, 0.25) is 0 Å². The third-order valence-corrected chi connectivity index (χ3v) is 3.12. The number of nitrogens with one attached hydrogen (secondary N) is 1. The molecular formula is C15H33NO2. The highest BCUT2D eigenvalue weighted by Crippen LogP contribution is 2.08. The van der Waals surface area contributed by atoms with E-state index in [0.717, 1.165) is 19.4 Å². The summed E-state index contributed by atoms with van der Waals surface area (Å²) in [6, 6.07) is 0.575. The highest BCUT2D eigenvalue weighted by molar-refractivity contribution is 4.68. The van der Waals surface area contributed by atoms with Crippen LogP contribution in [0.25, 0.3) is 0 Å². The van der Waals surface area contributed by atoms with Crippen molar-refractivity contribution in [2.24, 2.45) is 0 Å². The first-order valence-electron chi connectivity index (χ1n) is 7.58. The lowest BCUT2D eigenvalue weighted by Gasteiger charge is -2.20. The molecule has 0 heterocycles. The molecule has 2 unspecified atom stereocenters. The second-order valence-corrected chi connectivity index (χ2v) is 5.52. The number of hydrogen-bond donors (Lipinski definition) is 2. The van der Waals surface area contributed by atoms with E-state index in [1.165, 1.54) is 25.7 Å². The maximum atomic E-state index is 9.22. The van der Waals surface area contributed by atoms with Crippen molar-refractivity contribution in [3.63, 3.8) is 0 Å². The van der Waals surface area contributed by atoms with Crippen LogP contribution in [0.3, 0.4) is 0 Å². The smallest absolute Gasteiger partial charge is 0.0585 e. The summed E-state index contributed by atoms with van der Waals surface area (Å²) in [5.74, 6) is 0. The summed E-state index contributed by atoms with van der Waals surface area (Å²) in [6.07, 6.45) is 7.59. The fourth-order valence-corrected chi connectivity index (χ4v) is 2.05. The molecule has 0 aliphatic carbocycles. The maximum absolute atomic E-state index is 9.22. The second-order valence-electron chi connectivity index (χ2n) is 5.52. The van der Waals surface area contributed by atoms with Gasteiger partial charge in [-0.15, -0.1) is 0 Å². The molecule has 0 saturated carbocycles. The van der Waals surface area contributed by atoms with Gasteiger partial charge in [0, 0.05) is 18.7 Å². The standard InChI is InChI=1S/C15H33NO2/c1-5-6-7-8-9-14(4)18-11-10-15(12-17)16-13(2)3/h13-17H,5-12H2,1-4H3. The van der Waals surface area contributed by atoms with Crippen LogP contribution in [0.5, 0.6) is 0 Å². The molecule has 3 nitrogen and oxygen atoms in total. The molecule has 110 valence electrons. The van der Waals surface area contributed by atoms with Crippen LogP contribution in [0.1, 0.15) is 66.2 Å². The van der Waals surface area contributed by atoms with Crippen molar-refractivity contribution in [3.8, 4) is 0 Å². The molecule has 2 N–H and O–H groups in total. The van der Waals surface area contributed by atoms with Gasteiger partial charge in [0.25, 0.3) is 0 Å². The second kappa shape index (κ2) is 11.9. The molecular weight excluding hydrogens is 226 g/mol. The fraction of sp³-hybridized carbons (Fsp3) is 1.00.